The van der Waals surface area contributed by atoms with Crippen molar-refractivity contribution >= 4 is 6.29 Å². The summed E-state index contributed by atoms with van der Waals surface area (Å²) in [5.74, 6) is 6.28. The van der Waals surface area contributed by atoms with E-state index >= 15 is 0 Å². The summed E-state index contributed by atoms with van der Waals surface area (Å²) < 4.78 is 12.0. The Balaban J connectivity index is 1.49. The summed E-state index contributed by atoms with van der Waals surface area (Å²) >= 11 is 0. The molecule has 0 unspecified atom stereocenters. The third-order valence-electron chi connectivity index (χ3n) is 10.2. The van der Waals surface area contributed by atoms with Crippen LogP contribution in [0, 0.1) is 29.1 Å². The Labute approximate surface area is 207 Å². The fourth-order valence-corrected chi connectivity index (χ4v) is 8.54. The molecule has 35 heavy (non-hydrogen) atoms. The van der Waals surface area contributed by atoms with Gasteiger partial charge >= 0.3 is 0 Å². The molecule has 2 N–H and O–H groups in total. The quantitative estimate of drug-likeness (QED) is 0.373. The van der Waals surface area contributed by atoms with Crippen molar-refractivity contribution < 1.29 is 24.5 Å². The first-order valence-electron chi connectivity index (χ1n) is 13.2. The molecule has 0 aromatic heterocycles. The van der Waals surface area contributed by atoms with E-state index in [2.05, 4.69) is 30.9 Å². The summed E-state index contributed by atoms with van der Waals surface area (Å²) in [4.78, 5) is 11.3. The molecule has 5 aliphatic rings. The molecule has 1 aromatic rings. The molecule has 1 saturated heterocycles. The first-order chi connectivity index (χ1) is 16.8. The van der Waals surface area contributed by atoms with Crippen LogP contribution >= 0.6 is 0 Å². The number of rotatable bonds is 2. The van der Waals surface area contributed by atoms with Gasteiger partial charge in [0.25, 0.3) is 0 Å². The van der Waals surface area contributed by atoms with Crippen molar-refractivity contribution in [2.45, 2.75) is 88.1 Å². The first-order valence-corrected chi connectivity index (χ1v) is 13.2. The van der Waals surface area contributed by atoms with Crippen LogP contribution in [0.1, 0.15) is 87.1 Å². The second-order valence-electron chi connectivity index (χ2n) is 11.7. The number of fused-ring (bicyclic) bond motifs is 4. The number of allylic oxidation sites excluding steroid dienone is 1. The summed E-state index contributed by atoms with van der Waals surface area (Å²) in [6, 6.07) is 7.89. The van der Waals surface area contributed by atoms with Gasteiger partial charge in [0.1, 0.15) is 11.9 Å². The van der Waals surface area contributed by atoms with E-state index in [-0.39, 0.29) is 11.3 Å². The Kier molecular flexibility index (Phi) is 5.37. The van der Waals surface area contributed by atoms with Gasteiger partial charge in [0.15, 0.2) is 5.79 Å². The van der Waals surface area contributed by atoms with Crippen LogP contribution < -0.4 is 0 Å². The number of carbonyl (C=O) groups excluding carboxylic acids is 1. The van der Waals surface area contributed by atoms with Crippen molar-refractivity contribution in [1.29, 1.82) is 0 Å². The molecular formula is C30H36O5. The van der Waals surface area contributed by atoms with Crippen molar-refractivity contribution in [2.75, 3.05) is 13.2 Å². The fourth-order valence-electron chi connectivity index (χ4n) is 8.54. The molecule has 5 heteroatoms. The van der Waals surface area contributed by atoms with E-state index in [1.165, 1.54) is 11.1 Å². The van der Waals surface area contributed by atoms with E-state index in [0.717, 1.165) is 44.0 Å². The van der Waals surface area contributed by atoms with Gasteiger partial charge in [-0.1, -0.05) is 42.7 Å². The van der Waals surface area contributed by atoms with E-state index in [0.29, 0.717) is 49.9 Å². The number of hydrogen-bond acceptors (Lipinski definition) is 5. The molecule has 5 nitrogen and oxygen atoms in total. The maximum atomic E-state index is 12.1. The van der Waals surface area contributed by atoms with E-state index < -0.39 is 17.0 Å². The zero-order valence-electron chi connectivity index (χ0n) is 20.8. The highest BCUT2D eigenvalue weighted by atomic mass is 16.7. The second kappa shape index (κ2) is 8.02. The third-order valence-corrected chi connectivity index (χ3v) is 10.2. The van der Waals surface area contributed by atoms with E-state index in [1.54, 1.807) is 0 Å². The van der Waals surface area contributed by atoms with Gasteiger partial charge in [-0.05, 0) is 68.4 Å². The first kappa shape index (κ1) is 23.4. The lowest BCUT2D eigenvalue weighted by Gasteiger charge is -2.57. The molecule has 0 radical (unpaired) electrons. The fraction of sp³-hybridized carbons (Fsp3) is 0.633. The standard InChI is InChI=1S/C30H36O5/c1-3-11-29(33)13-9-24-22-8-12-28(32)19-30(34-15-16-35-30)14-10-25(28)26(22)23(17-27(24,29)2)21-6-4-20(18-31)5-7-21/h4-7,18,22-24,32-33H,8-10,12-17,19H2,1-2H3/t22-,23+,24-,27-,28+,29-/m0/s1. The minimum atomic E-state index is -1.00. The van der Waals surface area contributed by atoms with Crippen LogP contribution in [-0.2, 0) is 9.47 Å². The summed E-state index contributed by atoms with van der Waals surface area (Å²) in [6.07, 6.45) is 6.94. The predicted octanol–water partition coefficient (Wildman–Crippen LogP) is 4.52. The highest BCUT2D eigenvalue weighted by Gasteiger charge is 2.64. The van der Waals surface area contributed by atoms with E-state index in [1.807, 2.05) is 19.1 Å². The lowest BCUT2D eigenvalue weighted by atomic mass is 9.49. The maximum absolute atomic E-state index is 12.1. The molecule has 1 aromatic carbocycles. The van der Waals surface area contributed by atoms with Gasteiger partial charge in [-0.25, -0.2) is 0 Å². The maximum Gasteiger partial charge on any atom is 0.171 e. The van der Waals surface area contributed by atoms with Crippen LogP contribution in [0.2, 0.25) is 0 Å². The average Bonchev–Trinajstić information content (AvgIpc) is 3.40. The van der Waals surface area contributed by atoms with Gasteiger partial charge in [0, 0.05) is 29.7 Å². The van der Waals surface area contributed by atoms with Gasteiger partial charge in [0.2, 0.25) is 0 Å². The van der Waals surface area contributed by atoms with Crippen LogP contribution in [0.3, 0.4) is 0 Å². The number of carbonyl (C=O) groups is 1. The third kappa shape index (κ3) is 3.34. The number of hydrogen-bond donors (Lipinski definition) is 2. The predicted molar refractivity (Wildman–Crippen MR) is 132 cm³/mol. The number of aliphatic hydroxyl groups is 2. The molecule has 4 aliphatic carbocycles. The number of benzene rings is 1. The lowest BCUT2D eigenvalue weighted by molar-refractivity contribution is -0.208. The van der Waals surface area contributed by atoms with Crippen LogP contribution in [-0.4, -0.2) is 46.7 Å². The Hall–Kier alpha value is -1.97. The van der Waals surface area contributed by atoms with Gasteiger partial charge in [-0.3, -0.25) is 4.79 Å². The topological polar surface area (TPSA) is 76.0 Å². The Morgan fingerprint density at radius 1 is 1.06 bits per heavy atom. The van der Waals surface area contributed by atoms with Crippen molar-refractivity contribution in [1.82, 2.24) is 0 Å². The molecule has 6 atom stereocenters. The van der Waals surface area contributed by atoms with Crippen LogP contribution in [0.25, 0.3) is 0 Å². The van der Waals surface area contributed by atoms with Gasteiger partial charge in [-0.2, -0.15) is 0 Å². The molecule has 186 valence electrons. The van der Waals surface area contributed by atoms with Crippen molar-refractivity contribution in [3.63, 3.8) is 0 Å². The molecule has 1 heterocycles. The van der Waals surface area contributed by atoms with Gasteiger partial charge in [-0.15, -0.1) is 5.92 Å². The number of aldehydes is 1. The Morgan fingerprint density at radius 2 is 1.80 bits per heavy atom. The molecule has 6 rings (SSSR count). The summed E-state index contributed by atoms with van der Waals surface area (Å²) in [7, 11) is 0. The largest absolute Gasteiger partial charge is 0.385 e. The van der Waals surface area contributed by atoms with Crippen LogP contribution in [0.15, 0.2) is 35.4 Å². The van der Waals surface area contributed by atoms with Crippen LogP contribution in [0.5, 0.6) is 0 Å². The molecule has 0 bridgehead atoms. The SMILES string of the molecule is CC#C[C@]1(O)CC[C@H]2[C@@H]3CC[C@@]4(O)CC5(CCC4=C3[C@@H](c3ccc(C=O)cc3)C[C@@]21C)OCCO5. The van der Waals surface area contributed by atoms with Crippen molar-refractivity contribution in [2.24, 2.45) is 17.3 Å². The highest BCUT2D eigenvalue weighted by Crippen LogP contribution is 2.67. The van der Waals surface area contributed by atoms with Crippen molar-refractivity contribution in [3.8, 4) is 11.8 Å². The zero-order chi connectivity index (χ0) is 24.5. The lowest BCUT2D eigenvalue weighted by Crippen LogP contribution is -2.55. The van der Waals surface area contributed by atoms with Gasteiger partial charge < -0.3 is 19.7 Å². The van der Waals surface area contributed by atoms with Crippen LogP contribution in [0.4, 0.5) is 0 Å². The zero-order valence-corrected chi connectivity index (χ0v) is 20.8. The molecule has 4 fully saturated rings. The van der Waals surface area contributed by atoms with E-state index in [4.69, 9.17) is 9.47 Å². The molecule has 1 spiro atoms. The molecule has 3 saturated carbocycles. The minimum Gasteiger partial charge on any atom is -0.385 e. The summed E-state index contributed by atoms with van der Waals surface area (Å²) in [6.45, 7) is 5.23. The molecule has 1 aliphatic heterocycles. The second-order valence-corrected chi connectivity index (χ2v) is 11.7. The number of ether oxygens (including phenoxy) is 2. The summed E-state index contributed by atoms with van der Waals surface area (Å²) in [5.41, 5.74) is 2.12. The average molecular weight is 477 g/mol. The minimum absolute atomic E-state index is 0.0755. The smallest absolute Gasteiger partial charge is 0.171 e. The highest BCUT2D eigenvalue weighted by molar-refractivity contribution is 5.74. The van der Waals surface area contributed by atoms with Crippen molar-refractivity contribution in [3.05, 3.63) is 46.5 Å². The summed E-state index contributed by atoms with van der Waals surface area (Å²) in [5, 5.41) is 23.8. The normalized spacial score (nSPS) is 41.5. The van der Waals surface area contributed by atoms with E-state index in [9.17, 15) is 15.0 Å². The molecule has 0 amide bonds. The Morgan fingerprint density at radius 3 is 2.49 bits per heavy atom. The monoisotopic (exact) mass is 476 g/mol. The molecular weight excluding hydrogens is 440 g/mol. The van der Waals surface area contributed by atoms with Gasteiger partial charge in [0.05, 0.1) is 18.8 Å². The Bertz CT molecular complexity index is 1120.